The molecule has 0 aromatic carbocycles. The van der Waals surface area contributed by atoms with E-state index in [2.05, 4.69) is 32.7 Å². The first-order valence-electron chi connectivity index (χ1n) is 10.2. The molecule has 1 aliphatic heterocycles. The second kappa shape index (κ2) is 12.0. The Kier molecular flexibility index (Phi) is 10.8. The summed E-state index contributed by atoms with van der Waals surface area (Å²) >= 11 is 0. The van der Waals surface area contributed by atoms with Gasteiger partial charge in [-0.1, -0.05) is 6.92 Å². The topological polar surface area (TPSA) is 93.8 Å². The van der Waals surface area contributed by atoms with Gasteiger partial charge in [0.25, 0.3) is 0 Å². The second-order valence-corrected chi connectivity index (χ2v) is 8.28. The van der Waals surface area contributed by atoms with E-state index in [1.165, 1.54) is 19.4 Å². The van der Waals surface area contributed by atoms with Crippen LogP contribution in [0.4, 0.5) is 0 Å². The van der Waals surface area contributed by atoms with E-state index < -0.39 is 5.60 Å². The third-order valence-electron chi connectivity index (χ3n) is 5.27. The van der Waals surface area contributed by atoms with Crippen LogP contribution >= 0.6 is 24.0 Å². The first kappa shape index (κ1) is 26.1. The predicted molar refractivity (Wildman–Crippen MR) is 128 cm³/mol. The minimum Gasteiger partial charge on any atom is -0.387 e. The number of aliphatic hydroxyl groups is 1. The van der Waals surface area contributed by atoms with Crippen LogP contribution in [-0.2, 0) is 13.6 Å². The van der Waals surface area contributed by atoms with Gasteiger partial charge in [0.2, 0.25) is 0 Å². The normalized spacial score (nSPS) is 19.9. The van der Waals surface area contributed by atoms with Crippen LogP contribution < -0.4 is 10.6 Å². The number of likely N-dealkylation sites (N-methyl/N-ethyl adjacent to an activating group) is 2. The van der Waals surface area contributed by atoms with Crippen molar-refractivity contribution >= 4 is 29.9 Å². The Morgan fingerprint density at radius 2 is 2.07 bits per heavy atom. The molecule has 0 spiro atoms. The molecule has 0 radical (unpaired) electrons. The van der Waals surface area contributed by atoms with Gasteiger partial charge in [0.15, 0.2) is 11.8 Å². The maximum absolute atomic E-state index is 10.6. The number of nitrogens with one attached hydrogen (secondary N) is 2. The van der Waals surface area contributed by atoms with Gasteiger partial charge in [-0.15, -0.1) is 34.2 Å². The van der Waals surface area contributed by atoms with Gasteiger partial charge in [-0.25, -0.2) is 4.99 Å². The second-order valence-electron chi connectivity index (χ2n) is 8.28. The number of aryl methyl sites for hydroxylation is 1. The van der Waals surface area contributed by atoms with E-state index in [9.17, 15) is 5.11 Å². The highest BCUT2D eigenvalue weighted by Gasteiger charge is 2.24. The quantitative estimate of drug-likeness (QED) is 0.248. The average Bonchev–Trinajstić information content (AvgIpc) is 3.20. The van der Waals surface area contributed by atoms with E-state index in [0.29, 0.717) is 31.6 Å². The SMILES string of the molecule is CCN1CCCC1CNC(=NCc1nnc(C)n1C)NCC(C)(O)CN(C)C.I. The molecule has 0 bridgehead atoms. The molecule has 1 aromatic rings. The van der Waals surface area contributed by atoms with Gasteiger partial charge in [-0.05, 0) is 53.9 Å². The van der Waals surface area contributed by atoms with Gasteiger partial charge >= 0.3 is 0 Å². The lowest BCUT2D eigenvalue weighted by Gasteiger charge is -2.29. The smallest absolute Gasteiger partial charge is 0.191 e. The van der Waals surface area contributed by atoms with Crippen molar-refractivity contribution in [2.45, 2.75) is 51.8 Å². The van der Waals surface area contributed by atoms with Gasteiger partial charge in [0, 0.05) is 32.7 Å². The molecule has 2 heterocycles. The van der Waals surface area contributed by atoms with Crippen molar-refractivity contribution in [2.75, 3.05) is 46.8 Å². The van der Waals surface area contributed by atoms with Crippen LogP contribution in [0, 0.1) is 6.92 Å². The minimum atomic E-state index is -0.851. The molecule has 0 saturated carbocycles. The van der Waals surface area contributed by atoms with Crippen LogP contribution in [0.3, 0.4) is 0 Å². The van der Waals surface area contributed by atoms with Crippen molar-refractivity contribution in [2.24, 2.45) is 12.0 Å². The molecule has 1 aromatic heterocycles. The Balaban J connectivity index is 0.00000420. The van der Waals surface area contributed by atoms with Gasteiger partial charge in [0.05, 0.1) is 5.60 Å². The first-order valence-corrected chi connectivity index (χ1v) is 10.2. The lowest BCUT2D eigenvalue weighted by molar-refractivity contribution is 0.0377. The fraction of sp³-hybridized carbons (Fsp3) is 0.842. The van der Waals surface area contributed by atoms with Crippen molar-refractivity contribution in [3.05, 3.63) is 11.6 Å². The van der Waals surface area contributed by atoms with Crippen molar-refractivity contribution in [3.63, 3.8) is 0 Å². The number of hydrogen-bond acceptors (Lipinski definition) is 6. The number of hydrogen-bond donors (Lipinski definition) is 3. The fourth-order valence-corrected chi connectivity index (χ4v) is 3.68. The van der Waals surface area contributed by atoms with Crippen LogP contribution in [0.2, 0.25) is 0 Å². The summed E-state index contributed by atoms with van der Waals surface area (Å²) in [7, 11) is 5.86. The fourth-order valence-electron chi connectivity index (χ4n) is 3.68. The Morgan fingerprint density at radius 3 is 2.66 bits per heavy atom. The Hall–Kier alpha value is -0.980. The number of likely N-dealkylation sites (tertiary alicyclic amines) is 1. The third-order valence-corrected chi connectivity index (χ3v) is 5.27. The summed E-state index contributed by atoms with van der Waals surface area (Å²) in [6, 6.07) is 0.524. The number of aliphatic imine (C=N–C) groups is 1. The van der Waals surface area contributed by atoms with Gasteiger partial charge in [0.1, 0.15) is 12.4 Å². The molecule has 1 fully saturated rings. The van der Waals surface area contributed by atoms with Gasteiger partial charge in [-0.3, -0.25) is 4.90 Å². The lowest BCUT2D eigenvalue weighted by Crippen LogP contribution is -2.51. The number of halogens is 1. The summed E-state index contributed by atoms with van der Waals surface area (Å²) in [6.07, 6.45) is 2.45. The van der Waals surface area contributed by atoms with Crippen LogP contribution in [0.1, 0.15) is 38.3 Å². The standard InChI is InChI=1S/C19H38N8O.HI/c1-7-27-10-8-9-16(27)11-20-18(22-13-19(3,28)14-25(4)5)21-12-17-24-23-15(2)26(17)6;/h16,28H,7-14H2,1-6H3,(H2,20,21,22);1H. The molecule has 1 aliphatic rings. The van der Waals surface area contributed by atoms with Crippen LogP contribution in [0.15, 0.2) is 4.99 Å². The van der Waals surface area contributed by atoms with Gasteiger partial charge < -0.3 is 25.2 Å². The van der Waals surface area contributed by atoms with E-state index in [-0.39, 0.29) is 24.0 Å². The van der Waals surface area contributed by atoms with Gasteiger partial charge in [-0.2, -0.15) is 0 Å². The highest BCUT2D eigenvalue weighted by Crippen LogP contribution is 2.15. The lowest BCUT2D eigenvalue weighted by atomic mass is 10.1. The molecule has 10 heteroatoms. The third kappa shape index (κ3) is 8.35. The number of aromatic nitrogens is 3. The number of nitrogens with zero attached hydrogens (tertiary/aromatic N) is 6. The summed E-state index contributed by atoms with van der Waals surface area (Å²) in [5, 5.41) is 25.7. The Morgan fingerprint density at radius 1 is 1.34 bits per heavy atom. The number of rotatable bonds is 9. The van der Waals surface area contributed by atoms with Crippen LogP contribution in [0.25, 0.3) is 0 Å². The Labute approximate surface area is 192 Å². The van der Waals surface area contributed by atoms with Crippen LogP contribution in [0.5, 0.6) is 0 Å². The molecule has 2 rings (SSSR count). The van der Waals surface area contributed by atoms with Crippen molar-refractivity contribution < 1.29 is 5.11 Å². The minimum absolute atomic E-state index is 0. The zero-order chi connectivity index (χ0) is 20.7. The van der Waals surface area contributed by atoms with E-state index in [4.69, 9.17) is 4.99 Å². The molecular formula is C19H39IN8O. The molecular weight excluding hydrogens is 483 g/mol. The van der Waals surface area contributed by atoms with Crippen LogP contribution in [-0.4, -0.2) is 94.1 Å². The monoisotopic (exact) mass is 522 g/mol. The van der Waals surface area contributed by atoms with E-state index in [1.54, 1.807) is 0 Å². The largest absolute Gasteiger partial charge is 0.387 e. The maximum atomic E-state index is 10.6. The molecule has 168 valence electrons. The molecule has 2 unspecified atom stereocenters. The van der Waals surface area contributed by atoms with E-state index in [1.807, 2.05) is 44.5 Å². The van der Waals surface area contributed by atoms with E-state index >= 15 is 0 Å². The van der Waals surface area contributed by atoms with Crippen molar-refractivity contribution in [3.8, 4) is 0 Å². The molecule has 29 heavy (non-hydrogen) atoms. The first-order chi connectivity index (χ1) is 13.2. The molecule has 2 atom stereocenters. The summed E-state index contributed by atoms with van der Waals surface area (Å²) in [4.78, 5) is 9.17. The molecule has 3 N–H and O–H groups in total. The average molecular weight is 522 g/mol. The molecule has 0 amide bonds. The summed E-state index contributed by atoms with van der Waals surface area (Å²) < 4.78 is 1.94. The van der Waals surface area contributed by atoms with Crippen molar-refractivity contribution in [1.29, 1.82) is 0 Å². The highest BCUT2D eigenvalue weighted by atomic mass is 127. The zero-order valence-electron chi connectivity index (χ0n) is 18.8. The molecule has 1 saturated heterocycles. The predicted octanol–water partition coefficient (Wildman–Crippen LogP) is 0.574. The highest BCUT2D eigenvalue weighted by molar-refractivity contribution is 14.0. The summed E-state index contributed by atoms with van der Waals surface area (Å²) in [5.74, 6) is 2.38. The van der Waals surface area contributed by atoms with Crippen molar-refractivity contribution in [1.82, 2.24) is 35.2 Å². The van der Waals surface area contributed by atoms with E-state index in [0.717, 1.165) is 24.7 Å². The summed E-state index contributed by atoms with van der Waals surface area (Å²) in [6.45, 7) is 10.5. The summed E-state index contributed by atoms with van der Waals surface area (Å²) in [5.41, 5.74) is -0.851. The zero-order valence-corrected chi connectivity index (χ0v) is 21.1. The number of guanidine groups is 1. The maximum Gasteiger partial charge on any atom is 0.191 e. The Bertz CT molecular complexity index is 646. The molecule has 0 aliphatic carbocycles. The molecule has 9 nitrogen and oxygen atoms in total.